The Bertz CT molecular complexity index is 1070. The van der Waals surface area contributed by atoms with Crippen molar-refractivity contribution in [1.29, 1.82) is 0 Å². The Balaban J connectivity index is 1.52. The molecule has 0 unspecified atom stereocenters. The number of oxazole rings is 1. The number of fused-ring (bicyclic) bond motifs is 1. The molecule has 1 aromatic carbocycles. The Morgan fingerprint density at radius 1 is 1.19 bits per heavy atom. The van der Waals surface area contributed by atoms with Gasteiger partial charge in [0.05, 0.1) is 5.39 Å². The summed E-state index contributed by atoms with van der Waals surface area (Å²) < 4.78 is 10.7. The van der Waals surface area contributed by atoms with E-state index in [0.717, 1.165) is 17.4 Å². The molecule has 0 saturated carbocycles. The molecular formula is C20H18N4O3. The lowest BCUT2D eigenvalue weighted by molar-refractivity contribution is 0.0954. The molecule has 0 radical (unpaired) electrons. The van der Waals surface area contributed by atoms with Crippen LogP contribution in [-0.4, -0.2) is 27.6 Å². The largest absolute Gasteiger partial charge is 0.448 e. The van der Waals surface area contributed by atoms with Crippen molar-refractivity contribution in [1.82, 2.24) is 20.4 Å². The molecule has 1 N–H and O–H groups in total. The maximum atomic E-state index is 12.5. The van der Waals surface area contributed by atoms with Gasteiger partial charge in [0.15, 0.2) is 11.5 Å². The summed E-state index contributed by atoms with van der Waals surface area (Å²) in [5.74, 6) is 0.485. The summed E-state index contributed by atoms with van der Waals surface area (Å²) in [6.45, 7) is 2.51. The average molecular weight is 362 g/mol. The summed E-state index contributed by atoms with van der Waals surface area (Å²) in [5, 5.41) is 7.74. The zero-order valence-corrected chi connectivity index (χ0v) is 14.8. The average Bonchev–Trinajstić information content (AvgIpc) is 3.34. The topological polar surface area (TPSA) is 94.0 Å². The second-order valence-electron chi connectivity index (χ2n) is 6.08. The van der Waals surface area contributed by atoms with E-state index in [1.54, 1.807) is 36.9 Å². The zero-order valence-electron chi connectivity index (χ0n) is 14.8. The SMILES string of the molecule is CCc1nc(-c2noc3ccc(C(=O)NCCc4ccncc4)cc23)co1. The van der Waals surface area contributed by atoms with Crippen LogP contribution in [0, 0.1) is 0 Å². The first-order valence-corrected chi connectivity index (χ1v) is 8.76. The second kappa shape index (κ2) is 7.41. The first kappa shape index (κ1) is 17.0. The van der Waals surface area contributed by atoms with Crippen LogP contribution in [-0.2, 0) is 12.8 Å². The molecule has 7 nitrogen and oxygen atoms in total. The monoisotopic (exact) mass is 362 g/mol. The van der Waals surface area contributed by atoms with Gasteiger partial charge < -0.3 is 14.3 Å². The van der Waals surface area contributed by atoms with Gasteiger partial charge in [-0.1, -0.05) is 12.1 Å². The Morgan fingerprint density at radius 2 is 2.04 bits per heavy atom. The van der Waals surface area contributed by atoms with E-state index in [4.69, 9.17) is 8.94 Å². The van der Waals surface area contributed by atoms with E-state index in [1.165, 1.54) is 0 Å². The molecule has 1 amide bonds. The van der Waals surface area contributed by atoms with Gasteiger partial charge >= 0.3 is 0 Å². The Labute approximate surface area is 155 Å². The lowest BCUT2D eigenvalue weighted by atomic mass is 10.1. The highest BCUT2D eigenvalue weighted by molar-refractivity contribution is 6.00. The van der Waals surface area contributed by atoms with E-state index < -0.39 is 0 Å². The van der Waals surface area contributed by atoms with E-state index >= 15 is 0 Å². The maximum Gasteiger partial charge on any atom is 0.251 e. The quantitative estimate of drug-likeness (QED) is 0.565. The first-order valence-electron chi connectivity index (χ1n) is 8.76. The molecule has 0 bridgehead atoms. The van der Waals surface area contributed by atoms with Gasteiger partial charge in [0.1, 0.15) is 17.7 Å². The molecule has 0 aliphatic carbocycles. The molecular weight excluding hydrogens is 344 g/mol. The molecule has 3 aromatic heterocycles. The van der Waals surface area contributed by atoms with Crippen molar-refractivity contribution in [3.8, 4) is 11.4 Å². The van der Waals surface area contributed by atoms with E-state index in [9.17, 15) is 4.79 Å². The molecule has 0 aliphatic rings. The smallest absolute Gasteiger partial charge is 0.251 e. The van der Waals surface area contributed by atoms with Gasteiger partial charge in [0.2, 0.25) is 0 Å². The van der Waals surface area contributed by atoms with Crippen molar-refractivity contribution in [2.24, 2.45) is 0 Å². The molecule has 27 heavy (non-hydrogen) atoms. The summed E-state index contributed by atoms with van der Waals surface area (Å²) in [6.07, 6.45) is 6.48. The fourth-order valence-electron chi connectivity index (χ4n) is 2.82. The number of nitrogens with zero attached hydrogens (tertiary/aromatic N) is 3. The van der Waals surface area contributed by atoms with Gasteiger partial charge in [-0.05, 0) is 42.3 Å². The van der Waals surface area contributed by atoms with Crippen LogP contribution < -0.4 is 5.32 Å². The second-order valence-corrected chi connectivity index (χ2v) is 6.08. The third kappa shape index (κ3) is 3.57. The first-order chi connectivity index (χ1) is 13.2. The van der Waals surface area contributed by atoms with E-state index in [1.807, 2.05) is 19.1 Å². The van der Waals surface area contributed by atoms with E-state index in [0.29, 0.717) is 41.4 Å². The minimum absolute atomic E-state index is 0.146. The summed E-state index contributed by atoms with van der Waals surface area (Å²) in [7, 11) is 0. The molecule has 4 rings (SSSR count). The minimum Gasteiger partial charge on any atom is -0.448 e. The summed E-state index contributed by atoms with van der Waals surface area (Å²) in [4.78, 5) is 20.9. The number of benzene rings is 1. The minimum atomic E-state index is -0.146. The number of amides is 1. The Hall–Kier alpha value is -3.48. The molecule has 7 heteroatoms. The molecule has 0 saturated heterocycles. The number of aryl methyl sites for hydroxylation is 1. The van der Waals surface area contributed by atoms with Gasteiger partial charge in [-0.3, -0.25) is 9.78 Å². The summed E-state index contributed by atoms with van der Waals surface area (Å²) in [6, 6.07) is 9.10. The Kier molecular flexibility index (Phi) is 4.65. The molecule has 3 heterocycles. The highest BCUT2D eigenvalue weighted by Crippen LogP contribution is 2.28. The van der Waals surface area contributed by atoms with Crippen LogP contribution in [0.25, 0.3) is 22.4 Å². The van der Waals surface area contributed by atoms with Gasteiger partial charge in [-0.15, -0.1) is 0 Å². The van der Waals surface area contributed by atoms with Gasteiger partial charge in [0.25, 0.3) is 5.91 Å². The third-order valence-electron chi connectivity index (χ3n) is 4.28. The molecule has 0 atom stereocenters. The van der Waals surface area contributed by atoms with Crippen molar-refractivity contribution in [3.63, 3.8) is 0 Å². The van der Waals surface area contributed by atoms with Gasteiger partial charge in [0, 0.05) is 30.9 Å². The number of pyridine rings is 1. The fraction of sp³-hybridized carbons (Fsp3) is 0.200. The van der Waals surface area contributed by atoms with Crippen molar-refractivity contribution in [2.75, 3.05) is 6.54 Å². The van der Waals surface area contributed by atoms with Crippen molar-refractivity contribution < 1.29 is 13.7 Å². The van der Waals surface area contributed by atoms with Crippen molar-refractivity contribution >= 4 is 16.9 Å². The zero-order chi connectivity index (χ0) is 18.6. The summed E-state index contributed by atoms with van der Waals surface area (Å²) >= 11 is 0. The molecule has 0 aliphatic heterocycles. The number of rotatable bonds is 6. The molecule has 4 aromatic rings. The van der Waals surface area contributed by atoms with Gasteiger partial charge in [-0.2, -0.15) is 0 Å². The van der Waals surface area contributed by atoms with Crippen LogP contribution in [0.1, 0.15) is 28.7 Å². The van der Waals surface area contributed by atoms with Crippen LogP contribution in [0.3, 0.4) is 0 Å². The van der Waals surface area contributed by atoms with Crippen LogP contribution in [0.15, 0.2) is 57.9 Å². The highest BCUT2D eigenvalue weighted by Gasteiger charge is 2.16. The molecule has 0 spiro atoms. The predicted molar refractivity (Wildman–Crippen MR) is 99.2 cm³/mol. The maximum absolute atomic E-state index is 12.5. The summed E-state index contributed by atoms with van der Waals surface area (Å²) in [5.41, 5.74) is 3.43. The lowest BCUT2D eigenvalue weighted by Gasteiger charge is -2.05. The van der Waals surface area contributed by atoms with Crippen LogP contribution >= 0.6 is 0 Å². The van der Waals surface area contributed by atoms with Crippen LogP contribution in [0.2, 0.25) is 0 Å². The van der Waals surface area contributed by atoms with Crippen LogP contribution in [0.4, 0.5) is 0 Å². The molecule has 136 valence electrons. The number of nitrogens with one attached hydrogen (secondary N) is 1. The number of hydrogen-bond donors (Lipinski definition) is 1. The molecule has 0 fully saturated rings. The fourth-order valence-corrected chi connectivity index (χ4v) is 2.82. The van der Waals surface area contributed by atoms with E-state index in [2.05, 4.69) is 20.4 Å². The van der Waals surface area contributed by atoms with Gasteiger partial charge in [-0.25, -0.2) is 4.98 Å². The standard InChI is InChI=1S/C20H18N4O3/c1-2-18-23-16(12-26-18)19-15-11-14(3-4-17(15)27-24-19)20(25)22-10-7-13-5-8-21-9-6-13/h3-6,8-9,11-12H,2,7,10H2,1H3,(H,22,25). The number of hydrogen-bond acceptors (Lipinski definition) is 6. The van der Waals surface area contributed by atoms with Crippen molar-refractivity contribution in [2.45, 2.75) is 19.8 Å². The normalized spacial score (nSPS) is 11.0. The van der Waals surface area contributed by atoms with E-state index in [-0.39, 0.29) is 5.91 Å². The number of aromatic nitrogens is 3. The predicted octanol–water partition coefficient (Wildman–Crippen LogP) is 3.41. The van der Waals surface area contributed by atoms with Crippen molar-refractivity contribution in [3.05, 3.63) is 66.0 Å². The Morgan fingerprint density at radius 3 is 2.81 bits per heavy atom. The lowest BCUT2D eigenvalue weighted by Crippen LogP contribution is -2.25. The number of carbonyl (C=O) groups excluding carboxylic acids is 1. The number of carbonyl (C=O) groups is 1. The third-order valence-corrected chi connectivity index (χ3v) is 4.28. The van der Waals surface area contributed by atoms with Crippen LogP contribution in [0.5, 0.6) is 0 Å². The highest BCUT2D eigenvalue weighted by atomic mass is 16.5.